The fourth-order valence-electron chi connectivity index (χ4n) is 4.93. The normalized spacial score (nSPS) is 15.7. The Kier molecular flexibility index (Phi) is 7.40. The number of imidazole rings is 2. The molecule has 2 aromatic heterocycles. The number of aromatic amines is 2. The molecule has 0 spiro atoms. The lowest BCUT2D eigenvalue weighted by Gasteiger charge is -2.07. The highest BCUT2D eigenvalue weighted by Gasteiger charge is 2.19. The third kappa shape index (κ3) is 5.39. The highest BCUT2D eigenvalue weighted by Crippen LogP contribution is 2.29. The first-order valence-corrected chi connectivity index (χ1v) is 13.0. The van der Waals surface area contributed by atoms with Gasteiger partial charge < -0.3 is 21.0 Å². The van der Waals surface area contributed by atoms with Gasteiger partial charge in [-0.05, 0) is 61.9 Å². The monoisotopic (exact) mass is 468 g/mol. The molecule has 1 aliphatic rings. The maximum atomic E-state index is 5.65. The Labute approximate surface area is 207 Å². The van der Waals surface area contributed by atoms with Gasteiger partial charge in [0.1, 0.15) is 11.6 Å². The summed E-state index contributed by atoms with van der Waals surface area (Å²) in [5, 5.41) is 3.50. The lowest BCUT2D eigenvalue weighted by atomic mass is 10.00. The summed E-state index contributed by atoms with van der Waals surface area (Å²) in [4.78, 5) is 16.6. The van der Waals surface area contributed by atoms with Crippen molar-refractivity contribution in [2.24, 2.45) is 5.73 Å². The van der Waals surface area contributed by atoms with Crippen molar-refractivity contribution in [2.75, 3.05) is 13.1 Å². The number of aryl methyl sites for hydroxylation is 2. The fraction of sp³-hybridized carbons (Fsp3) is 0.379. The molecule has 4 aromatic rings. The number of hydrogen-bond donors (Lipinski definition) is 4. The second kappa shape index (κ2) is 11.0. The Balaban J connectivity index is 1.31. The van der Waals surface area contributed by atoms with Gasteiger partial charge in [0.2, 0.25) is 0 Å². The van der Waals surface area contributed by atoms with Crippen LogP contribution < -0.4 is 11.1 Å². The van der Waals surface area contributed by atoms with Gasteiger partial charge in [-0.3, -0.25) is 0 Å². The third-order valence-corrected chi connectivity index (χ3v) is 6.87. The largest absolute Gasteiger partial charge is 0.345 e. The molecular weight excluding hydrogens is 432 g/mol. The second-order valence-electron chi connectivity index (χ2n) is 9.49. The summed E-state index contributed by atoms with van der Waals surface area (Å²) in [6.07, 6.45) is 9.47. The van der Waals surface area contributed by atoms with Crippen LogP contribution in [0.15, 0.2) is 54.7 Å². The fourth-order valence-corrected chi connectivity index (χ4v) is 4.93. The highest BCUT2D eigenvalue weighted by atomic mass is 15.0. The topological polar surface area (TPSA) is 95.4 Å². The number of nitrogens with one attached hydrogen (secondary N) is 3. The number of hydrogen-bond acceptors (Lipinski definition) is 4. The van der Waals surface area contributed by atoms with Crippen molar-refractivity contribution in [3.8, 4) is 33.6 Å². The second-order valence-corrected chi connectivity index (χ2v) is 9.49. The summed E-state index contributed by atoms with van der Waals surface area (Å²) < 4.78 is 0. The van der Waals surface area contributed by atoms with Gasteiger partial charge in [-0.25, -0.2) is 9.97 Å². The van der Waals surface area contributed by atoms with Crippen molar-refractivity contribution in [1.29, 1.82) is 0 Å². The number of nitrogens with two attached hydrogens (primary N) is 1. The van der Waals surface area contributed by atoms with Crippen LogP contribution in [-0.2, 0) is 12.8 Å². The summed E-state index contributed by atoms with van der Waals surface area (Å²) in [6, 6.07) is 17.8. The lowest BCUT2D eigenvalue weighted by molar-refractivity contribution is 0.613. The molecule has 5 rings (SSSR count). The number of unbranched alkanes of at least 4 members (excludes halogenated alkanes) is 1. The Morgan fingerprint density at radius 3 is 2.26 bits per heavy atom. The number of nitrogens with zero attached hydrogens (tertiary/aromatic N) is 2. The standard InChI is InChI=1S/C29H36N6/c1-2-6-24-28(35-27(33-24)8-3-4-17-30)23-15-11-21(12-16-23)20-9-13-22(14-10-20)26-19-32-29(34-26)25-7-5-18-31-25/h9-16,19,25,31H,2-8,17-18,30H2,1H3,(H,32,34)(H,33,35)/t25-/m0/s1. The zero-order chi connectivity index (χ0) is 24.0. The molecule has 0 saturated carbocycles. The van der Waals surface area contributed by atoms with Crippen LogP contribution in [-0.4, -0.2) is 33.0 Å². The van der Waals surface area contributed by atoms with E-state index in [9.17, 15) is 0 Å². The SMILES string of the molecule is CCCc1[nH]c(CCCCN)nc1-c1ccc(-c2ccc(-c3cnc([C@@H]4CCCN4)[nH]3)cc2)cc1. The van der Waals surface area contributed by atoms with Crippen LogP contribution in [0.3, 0.4) is 0 Å². The van der Waals surface area contributed by atoms with Crippen molar-refractivity contribution >= 4 is 0 Å². The van der Waals surface area contributed by atoms with Gasteiger partial charge in [0.25, 0.3) is 0 Å². The van der Waals surface area contributed by atoms with Gasteiger partial charge in [-0.2, -0.15) is 0 Å². The van der Waals surface area contributed by atoms with E-state index >= 15 is 0 Å². The molecule has 0 unspecified atom stereocenters. The summed E-state index contributed by atoms with van der Waals surface area (Å²) >= 11 is 0. The minimum atomic E-state index is 0.357. The van der Waals surface area contributed by atoms with E-state index < -0.39 is 0 Å². The first-order valence-electron chi connectivity index (χ1n) is 13.0. The molecule has 0 bridgehead atoms. The van der Waals surface area contributed by atoms with Crippen LogP contribution in [0.1, 0.15) is 62.4 Å². The number of rotatable bonds is 10. The van der Waals surface area contributed by atoms with Crippen molar-refractivity contribution in [2.45, 2.75) is 57.9 Å². The molecule has 182 valence electrons. The van der Waals surface area contributed by atoms with Gasteiger partial charge in [-0.1, -0.05) is 61.9 Å². The van der Waals surface area contributed by atoms with E-state index in [0.717, 1.165) is 80.2 Å². The summed E-state index contributed by atoms with van der Waals surface area (Å²) in [5.74, 6) is 2.11. The minimum absolute atomic E-state index is 0.357. The van der Waals surface area contributed by atoms with Crippen molar-refractivity contribution in [3.63, 3.8) is 0 Å². The van der Waals surface area contributed by atoms with E-state index in [1.807, 2.05) is 6.20 Å². The summed E-state index contributed by atoms with van der Waals surface area (Å²) in [6.45, 7) is 4.02. The molecule has 3 heterocycles. The van der Waals surface area contributed by atoms with Crippen LogP contribution >= 0.6 is 0 Å². The number of aromatic nitrogens is 4. The molecule has 6 heteroatoms. The molecule has 1 saturated heterocycles. The highest BCUT2D eigenvalue weighted by molar-refractivity contribution is 5.72. The molecular formula is C29H36N6. The van der Waals surface area contributed by atoms with E-state index in [1.54, 1.807) is 0 Å². The van der Waals surface area contributed by atoms with Gasteiger partial charge >= 0.3 is 0 Å². The molecule has 1 fully saturated rings. The average molecular weight is 469 g/mol. The van der Waals surface area contributed by atoms with E-state index in [2.05, 4.69) is 75.7 Å². The van der Waals surface area contributed by atoms with E-state index in [0.29, 0.717) is 6.04 Å². The van der Waals surface area contributed by atoms with Crippen molar-refractivity contribution in [1.82, 2.24) is 25.3 Å². The van der Waals surface area contributed by atoms with E-state index in [4.69, 9.17) is 10.7 Å². The molecule has 0 amide bonds. The Morgan fingerprint density at radius 1 is 0.886 bits per heavy atom. The molecule has 0 aliphatic carbocycles. The summed E-state index contributed by atoms with van der Waals surface area (Å²) in [5.41, 5.74) is 13.8. The van der Waals surface area contributed by atoms with Crippen LogP contribution in [0.25, 0.3) is 33.6 Å². The third-order valence-electron chi connectivity index (χ3n) is 6.87. The molecule has 1 aliphatic heterocycles. The van der Waals surface area contributed by atoms with Crippen LogP contribution in [0.4, 0.5) is 0 Å². The van der Waals surface area contributed by atoms with Crippen LogP contribution in [0.5, 0.6) is 0 Å². The Morgan fingerprint density at radius 2 is 1.60 bits per heavy atom. The summed E-state index contributed by atoms with van der Waals surface area (Å²) in [7, 11) is 0. The first kappa shape index (κ1) is 23.5. The number of benzene rings is 2. The maximum absolute atomic E-state index is 5.65. The molecule has 35 heavy (non-hydrogen) atoms. The minimum Gasteiger partial charge on any atom is -0.345 e. The van der Waals surface area contributed by atoms with Gasteiger partial charge in [0.15, 0.2) is 0 Å². The Bertz CT molecular complexity index is 1210. The molecule has 5 N–H and O–H groups in total. The molecule has 1 atom stereocenters. The Hall–Kier alpha value is -3.22. The van der Waals surface area contributed by atoms with Gasteiger partial charge in [-0.15, -0.1) is 0 Å². The molecule has 0 radical (unpaired) electrons. The zero-order valence-electron chi connectivity index (χ0n) is 20.6. The van der Waals surface area contributed by atoms with Crippen molar-refractivity contribution in [3.05, 3.63) is 72.1 Å². The lowest BCUT2D eigenvalue weighted by Crippen LogP contribution is -2.14. The van der Waals surface area contributed by atoms with Crippen LogP contribution in [0, 0.1) is 0 Å². The van der Waals surface area contributed by atoms with Crippen LogP contribution in [0.2, 0.25) is 0 Å². The van der Waals surface area contributed by atoms with E-state index in [1.165, 1.54) is 28.8 Å². The maximum Gasteiger partial charge on any atom is 0.123 e. The molecule has 2 aromatic carbocycles. The first-order chi connectivity index (χ1) is 17.2. The van der Waals surface area contributed by atoms with E-state index in [-0.39, 0.29) is 0 Å². The number of H-pyrrole nitrogens is 2. The predicted molar refractivity (Wildman–Crippen MR) is 143 cm³/mol. The average Bonchev–Trinajstić information content (AvgIpc) is 3.66. The quantitative estimate of drug-likeness (QED) is 0.221. The van der Waals surface area contributed by atoms with Crippen molar-refractivity contribution < 1.29 is 0 Å². The molecule has 6 nitrogen and oxygen atoms in total. The van der Waals surface area contributed by atoms with Gasteiger partial charge in [0.05, 0.1) is 23.6 Å². The smallest absolute Gasteiger partial charge is 0.123 e. The predicted octanol–water partition coefficient (Wildman–Crippen LogP) is 5.79. The van der Waals surface area contributed by atoms with Gasteiger partial charge in [0, 0.05) is 17.7 Å². The zero-order valence-corrected chi connectivity index (χ0v) is 20.6.